The molecule has 0 aliphatic carbocycles. The summed E-state index contributed by atoms with van der Waals surface area (Å²) >= 11 is 0. The maximum absolute atomic E-state index is 14.6. The molecule has 1 saturated heterocycles. The number of hydrogen-bond acceptors (Lipinski definition) is 1. The Labute approximate surface area is 97.6 Å². The zero-order chi connectivity index (χ0) is 13.2. The van der Waals surface area contributed by atoms with Crippen molar-refractivity contribution in [2.75, 3.05) is 0 Å². The van der Waals surface area contributed by atoms with Gasteiger partial charge in [0.2, 0.25) is 0 Å². The Hall–Kier alpha value is -0.180. The lowest BCUT2D eigenvalue weighted by atomic mass is 9.65. The van der Waals surface area contributed by atoms with Crippen molar-refractivity contribution < 1.29 is 13.5 Å². The lowest BCUT2D eigenvalue weighted by molar-refractivity contribution is -0.213. The van der Waals surface area contributed by atoms with Crippen molar-refractivity contribution in [3.8, 4) is 0 Å². The minimum absolute atomic E-state index is 0.610. The molecule has 0 amide bonds. The molecule has 0 aromatic carbocycles. The van der Waals surface area contributed by atoms with Crippen LogP contribution in [0.4, 0.5) is 8.78 Å². The van der Waals surface area contributed by atoms with Crippen LogP contribution in [-0.2, 0) is 4.74 Å². The first-order valence-electron chi connectivity index (χ1n) is 5.79. The second kappa shape index (κ2) is 2.98. The molecule has 0 spiro atoms. The van der Waals surface area contributed by atoms with Crippen LogP contribution in [0.2, 0.25) is 0 Å². The molecule has 1 heterocycles. The number of rotatable bonds is 0. The molecular formula is C13H24F2O. The van der Waals surface area contributed by atoms with Crippen LogP contribution in [0.15, 0.2) is 0 Å². The van der Waals surface area contributed by atoms with Gasteiger partial charge in [-0.15, -0.1) is 0 Å². The standard InChI is InChI=1S/C13H24F2O/c1-9(2,3)12(8)13(14,15)10(4,5)11(6,7)16-12/h1-8H3. The van der Waals surface area contributed by atoms with E-state index in [0.29, 0.717) is 0 Å². The SMILES string of the molecule is CC(C)(C)C1(C)OC(C)(C)C(C)(C)C1(F)F. The number of ether oxygens (including phenoxy) is 1. The minimum Gasteiger partial charge on any atom is -0.362 e. The first-order valence-corrected chi connectivity index (χ1v) is 5.79. The zero-order valence-corrected chi connectivity index (χ0v) is 11.7. The molecule has 0 aromatic rings. The molecule has 96 valence electrons. The summed E-state index contributed by atoms with van der Waals surface area (Å²) in [6.07, 6.45) is 0. The summed E-state index contributed by atoms with van der Waals surface area (Å²) in [5, 5.41) is 0. The molecule has 1 atom stereocenters. The molecule has 0 bridgehead atoms. The largest absolute Gasteiger partial charge is 0.362 e. The van der Waals surface area contributed by atoms with Gasteiger partial charge in [0.25, 0.3) is 5.92 Å². The third-order valence-corrected chi connectivity index (χ3v) is 4.78. The van der Waals surface area contributed by atoms with Crippen molar-refractivity contribution in [2.24, 2.45) is 10.8 Å². The molecule has 1 nitrogen and oxygen atoms in total. The molecule has 0 aromatic heterocycles. The van der Waals surface area contributed by atoms with Gasteiger partial charge in [0, 0.05) is 0 Å². The highest BCUT2D eigenvalue weighted by atomic mass is 19.3. The smallest absolute Gasteiger partial charge is 0.284 e. The average Bonchev–Trinajstić information content (AvgIpc) is 2.07. The molecule has 0 radical (unpaired) electrons. The lowest BCUT2D eigenvalue weighted by Crippen LogP contribution is -2.56. The summed E-state index contributed by atoms with van der Waals surface area (Å²) in [5.74, 6) is -2.86. The van der Waals surface area contributed by atoms with E-state index in [2.05, 4.69) is 0 Å². The van der Waals surface area contributed by atoms with Gasteiger partial charge in [0.05, 0.1) is 11.0 Å². The summed E-state index contributed by atoms with van der Waals surface area (Å²) < 4.78 is 35.1. The molecule has 1 aliphatic rings. The van der Waals surface area contributed by atoms with Crippen LogP contribution in [0.25, 0.3) is 0 Å². The quantitative estimate of drug-likeness (QED) is 0.608. The number of hydrogen-bond donors (Lipinski definition) is 0. The van der Waals surface area contributed by atoms with E-state index in [1.54, 1.807) is 48.5 Å². The third-order valence-electron chi connectivity index (χ3n) is 4.78. The van der Waals surface area contributed by atoms with Gasteiger partial charge in [-0.05, 0) is 26.2 Å². The van der Waals surface area contributed by atoms with E-state index in [1.807, 2.05) is 0 Å². The highest BCUT2D eigenvalue weighted by Crippen LogP contribution is 2.64. The number of halogens is 2. The van der Waals surface area contributed by atoms with E-state index < -0.39 is 28.0 Å². The average molecular weight is 234 g/mol. The topological polar surface area (TPSA) is 9.23 Å². The van der Waals surface area contributed by atoms with Crippen molar-refractivity contribution in [1.82, 2.24) is 0 Å². The summed E-state index contributed by atoms with van der Waals surface area (Å²) in [6, 6.07) is 0. The minimum atomic E-state index is -2.86. The van der Waals surface area contributed by atoms with Gasteiger partial charge in [-0.25, -0.2) is 8.78 Å². The molecule has 1 unspecified atom stereocenters. The molecule has 0 saturated carbocycles. The van der Waals surface area contributed by atoms with E-state index in [-0.39, 0.29) is 0 Å². The normalized spacial score (nSPS) is 36.4. The maximum Gasteiger partial charge on any atom is 0.284 e. The maximum atomic E-state index is 14.6. The highest BCUT2D eigenvalue weighted by molar-refractivity contribution is 5.17. The van der Waals surface area contributed by atoms with Crippen molar-refractivity contribution >= 4 is 0 Å². The third kappa shape index (κ3) is 1.30. The Morgan fingerprint density at radius 1 is 0.875 bits per heavy atom. The summed E-state index contributed by atoms with van der Waals surface area (Å²) in [5.41, 5.74) is -4.06. The van der Waals surface area contributed by atoms with Gasteiger partial charge in [0.15, 0.2) is 0 Å². The predicted octanol–water partition coefficient (Wildman–Crippen LogP) is 4.26. The fourth-order valence-electron chi connectivity index (χ4n) is 2.30. The van der Waals surface area contributed by atoms with Gasteiger partial charge in [-0.1, -0.05) is 34.6 Å². The van der Waals surface area contributed by atoms with Gasteiger partial charge in [0.1, 0.15) is 5.60 Å². The van der Waals surface area contributed by atoms with Gasteiger partial charge in [-0.2, -0.15) is 0 Å². The molecule has 16 heavy (non-hydrogen) atoms. The Morgan fingerprint density at radius 2 is 1.25 bits per heavy atom. The summed E-state index contributed by atoms with van der Waals surface area (Å²) in [7, 11) is 0. The van der Waals surface area contributed by atoms with Crippen LogP contribution in [0.5, 0.6) is 0 Å². The molecule has 1 aliphatic heterocycles. The zero-order valence-electron chi connectivity index (χ0n) is 11.7. The van der Waals surface area contributed by atoms with Crippen LogP contribution >= 0.6 is 0 Å². The fraction of sp³-hybridized carbons (Fsp3) is 1.00. The van der Waals surface area contributed by atoms with Gasteiger partial charge in [-0.3, -0.25) is 0 Å². The molecule has 0 N–H and O–H groups in total. The monoisotopic (exact) mass is 234 g/mol. The first kappa shape index (κ1) is 13.9. The van der Waals surface area contributed by atoms with Crippen molar-refractivity contribution in [2.45, 2.75) is 72.5 Å². The van der Waals surface area contributed by atoms with E-state index in [4.69, 9.17) is 4.74 Å². The van der Waals surface area contributed by atoms with Gasteiger partial charge >= 0.3 is 0 Å². The van der Waals surface area contributed by atoms with Crippen LogP contribution in [0.3, 0.4) is 0 Å². The lowest BCUT2D eigenvalue weighted by Gasteiger charge is -2.43. The Morgan fingerprint density at radius 3 is 1.38 bits per heavy atom. The van der Waals surface area contributed by atoms with E-state index >= 15 is 0 Å². The Bertz CT molecular complexity index is 300. The summed E-state index contributed by atoms with van der Waals surface area (Å²) in [4.78, 5) is 0. The highest BCUT2D eigenvalue weighted by Gasteiger charge is 2.76. The molecule has 3 heteroatoms. The molecular weight excluding hydrogens is 210 g/mol. The van der Waals surface area contributed by atoms with Crippen molar-refractivity contribution in [3.05, 3.63) is 0 Å². The molecule has 1 fully saturated rings. The second-order valence-electron chi connectivity index (χ2n) is 7.10. The Balaban J connectivity index is 3.41. The summed E-state index contributed by atoms with van der Waals surface area (Å²) in [6.45, 7) is 13.6. The van der Waals surface area contributed by atoms with E-state index in [0.717, 1.165) is 0 Å². The van der Waals surface area contributed by atoms with Gasteiger partial charge < -0.3 is 4.74 Å². The Kier molecular flexibility index (Phi) is 2.59. The number of alkyl halides is 2. The van der Waals surface area contributed by atoms with Crippen LogP contribution in [0.1, 0.15) is 55.4 Å². The van der Waals surface area contributed by atoms with Crippen LogP contribution < -0.4 is 0 Å². The van der Waals surface area contributed by atoms with E-state index in [9.17, 15) is 8.78 Å². The predicted molar refractivity (Wildman–Crippen MR) is 61.8 cm³/mol. The van der Waals surface area contributed by atoms with Crippen LogP contribution in [0, 0.1) is 10.8 Å². The second-order valence-corrected chi connectivity index (χ2v) is 7.10. The van der Waals surface area contributed by atoms with Crippen LogP contribution in [-0.4, -0.2) is 17.1 Å². The van der Waals surface area contributed by atoms with Crippen molar-refractivity contribution in [1.29, 1.82) is 0 Å². The molecule has 1 rings (SSSR count). The fourth-order valence-corrected chi connectivity index (χ4v) is 2.30. The first-order chi connectivity index (χ1) is 6.71. The van der Waals surface area contributed by atoms with E-state index in [1.165, 1.54) is 6.92 Å². The van der Waals surface area contributed by atoms with Crippen molar-refractivity contribution in [3.63, 3.8) is 0 Å².